The van der Waals surface area contributed by atoms with Gasteiger partial charge in [-0.2, -0.15) is 0 Å². The van der Waals surface area contributed by atoms with Gasteiger partial charge in [-0.3, -0.25) is 0 Å². The zero-order chi connectivity index (χ0) is 12.1. The van der Waals surface area contributed by atoms with Gasteiger partial charge < -0.3 is 9.83 Å². The van der Waals surface area contributed by atoms with Gasteiger partial charge in [-0.15, -0.1) is 0 Å². The van der Waals surface area contributed by atoms with Crippen molar-refractivity contribution >= 4 is 35.2 Å². The number of anilines is 1. The Balaban J connectivity index is 2.95. The van der Waals surface area contributed by atoms with E-state index in [4.69, 9.17) is 16.7 Å². The Morgan fingerprint density at radius 1 is 1.62 bits per heavy atom. The second-order valence-electron chi connectivity index (χ2n) is 3.04. The SMILES string of the molecule is CCCSNc1ccc(F)c(C(=O)O)c1Cl. The van der Waals surface area contributed by atoms with Crippen LogP contribution in [0.15, 0.2) is 12.1 Å². The van der Waals surface area contributed by atoms with E-state index in [9.17, 15) is 9.18 Å². The lowest BCUT2D eigenvalue weighted by molar-refractivity contribution is 0.0692. The van der Waals surface area contributed by atoms with Gasteiger partial charge in [0.15, 0.2) is 0 Å². The normalized spacial score (nSPS) is 10.2. The van der Waals surface area contributed by atoms with Crippen molar-refractivity contribution < 1.29 is 14.3 Å². The van der Waals surface area contributed by atoms with Crippen molar-refractivity contribution in [2.45, 2.75) is 13.3 Å². The summed E-state index contributed by atoms with van der Waals surface area (Å²) in [6.45, 7) is 2.02. The Bertz CT molecular complexity index is 401. The molecule has 16 heavy (non-hydrogen) atoms. The van der Waals surface area contributed by atoms with E-state index < -0.39 is 17.3 Å². The van der Waals surface area contributed by atoms with Gasteiger partial charge in [0.25, 0.3) is 0 Å². The summed E-state index contributed by atoms with van der Waals surface area (Å²) in [5.41, 5.74) is -0.0809. The average Bonchev–Trinajstić information content (AvgIpc) is 2.21. The molecule has 0 radical (unpaired) electrons. The number of carboxylic acids is 1. The van der Waals surface area contributed by atoms with Crippen molar-refractivity contribution in [1.82, 2.24) is 0 Å². The molecule has 0 heterocycles. The topological polar surface area (TPSA) is 49.3 Å². The summed E-state index contributed by atoms with van der Waals surface area (Å²) in [5, 5.41) is 8.68. The second kappa shape index (κ2) is 5.96. The zero-order valence-electron chi connectivity index (χ0n) is 8.59. The molecule has 2 N–H and O–H groups in total. The standard InChI is InChI=1S/C10H11ClFNO2S/c1-2-5-16-13-7-4-3-6(12)8(9(7)11)10(14)15/h3-4,13H,2,5H2,1H3,(H,14,15). The highest BCUT2D eigenvalue weighted by molar-refractivity contribution is 8.00. The third-order valence-corrected chi connectivity index (χ3v) is 3.16. The number of nitrogens with one attached hydrogen (secondary N) is 1. The third-order valence-electron chi connectivity index (χ3n) is 1.79. The third kappa shape index (κ3) is 3.02. The van der Waals surface area contributed by atoms with Gasteiger partial charge >= 0.3 is 5.97 Å². The molecule has 1 rings (SSSR count). The maximum atomic E-state index is 13.2. The van der Waals surface area contributed by atoms with Crippen LogP contribution in [0.2, 0.25) is 5.02 Å². The molecule has 1 aromatic rings. The van der Waals surface area contributed by atoms with E-state index in [2.05, 4.69) is 4.72 Å². The van der Waals surface area contributed by atoms with Gasteiger partial charge in [0.2, 0.25) is 0 Å². The van der Waals surface area contributed by atoms with Crippen molar-refractivity contribution in [1.29, 1.82) is 0 Å². The number of hydrogen-bond donors (Lipinski definition) is 2. The minimum atomic E-state index is -1.37. The van der Waals surface area contributed by atoms with Crippen LogP contribution in [0.5, 0.6) is 0 Å². The number of carbonyl (C=O) groups is 1. The summed E-state index contributed by atoms with van der Waals surface area (Å²) in [6, 6.07) is 2.51. The van der Waals surface area contributed by atoms with Crippen LogP contribution in [-0.4, -0.2) is 16.8 Å². The van der Waals surface area contributed by atoms with Gasteiger partial charge in [0.05, 0.1) is 10.7 Å². The summed E-state index contributed by atoms with van der Waals surface area (Å²) < 4.78 is 16.1. The van der Waals surface area contributed by atoms with E-state index in [0.717, 1.165) is 18.2 Å². The molecular weight excluding hydrogens is 253 g/mol. The molecule has 0 fully saturated rings. The average molecular weight is 264 g/mol. The molecule has 0 unspecified atom stereocenters. The van der Waals surface area contributed by atoms with E-state index in [1.807, 2.05) is 6.92 Å². The highest BCUT2D eigenvalue weighted by Crippen LogP contribution is 2.30. The van der Waals surface area contributed by atoms with E-state index >= 15 is 0 Å². The predicted octanol–water partition coefficient (Wildman–Crippen LogP) is 3.65. The molecule has 88 valence electrons. The van der Waals surface area contributed by atoms with Crippen molar-refractivity contribution in [2.75, 3.05) is 10.5 Å². The van der Waals surface area contributed by atoms with Crippen molar-refractivity contribution in [3.8, 4) is 0 Å². The van der Waals surface area contributed by atoms with Gasteiger partial charge in [-0.05, 0) is 18.6 Å². The molecule has 6 heteroatoms. The molecule has 0 amide bonds. The van der Waals surface area contributed by atoms with Gasteiger partial charge in [-0.25, -0.2) is 9.18 Å². The molecule has 1 aromatic carbocycles. The van der Waals surface area contributed by atoms with Crippen LogP contribution in [0.3, 0.4) is 0 Å². The molecule has 0 bridgehead atoms. The van der Waals surface area contributed by atoms with E-state index in [1.54, 1.807) is 0 Å². The van der Waals surface area contributed by atoms with Crippen LogP contribution in [-0.2, 0) is 0 Å². The minimum absolute atomic E-state index is 0.101. The lowest BCUT2D eigenvalue weighted by Crippen LogP contribution is -2.03. The number of carboxylic acid groups (broad SMARTS) is 1. The summed E-state index contributed by atoms with van der Waals surface area (Å²) in [5.74, 6) is -1.34. The Morgan fingerprint density at radius 3 is 2.88 bits per heavy atom. The largest absolute Gasteiger partial charge is 0.478 e. The van der Waals surface area contributed by atoms with Gasteiger partial charge in [0.1, 0.15) is 11.4 Å². The van der Waals surface area contributed by atoms with Crippen LogP contribution in [0.4, 0.5) is 10.1 Å². The second-order valence-corrected chi connectivity index (χ2v) is 4.32. The molecule has 0 saturated carbocycles. The number of halogens is 2. The lowest BCUT2D eigenvalue weighted by atomic mass is 10.2. The number of rotatable bonds is 5. The highest BCUT2D eigenvalue weighted by atomic mass is 35.5. The number of hydrogen-bond acceptors (Lipinski definition) is 3. The van der Waals surface area contributed by atoms with Crippen molar-refractivity contribution in [2.24, 2.45) is 0 Å². The first kappa shape index (κ1) is 13.1. The van der Waals surface area contributed by atoms with Crippen LogP contribution in [0.25, 0.3) is 0 Å². The fourth-order valence-corrected chi connectivity index (χ4v) is 2.03. The molecule has 3 nitrogen and oxygen atoms in total. The predicted molar refractivity (Wildman–Crippen MR) is 64.7 cm³/mol. The molecule has 0 aromatic heterocycles. The number of aromatic carboxylic acids is 1. The molecule has 0 aliphatic rings. The molecule has 0 spiro atoms. The van der Waals surface area contributed by atoms with E-state index in [1.165, 1.54) is 18.0 Å². The first-order chi connectivity index (χ1) is 7.57. The van der Waals surface area contributed by atoms with Crippen LogP contribution in [0, 0.1) is 5.82 Å². The summed E-state index contributed by atoms with van der Waals surface area (Å²) in [6.07, 6.45) is 0.974. The molecular formula is C10H11ClFNO2S. The quantitative estimate of drug-likeness (QED) is 0.629. The fourth-order valence-electron chi connectivity index (χ4n) is 1.06. The Labute approximate surface area is 102 Å². The Kier molecular flexibility index (Phi) is 4.89. The Morgan fingerprint density at radius 2 is 2.31 bits per heavy atom. The van der Waals surface area contributed by atoms with Crippen LogP contribution < -0.4 is 4.72 Å². The summed E-state index contributed by atoms with van der Waals surface area (Å²) >= 11 is 7.19. The summed E-state index contributed by atoms with van der Waals surface area (Å²) in [7, 11) is 0. The number of benzene rings is 1. The van der Waals surface area contributed by atoms with Crippen LogP contribution in [0.1, 0.15) is 23.7 Å². The maximum Gasteiger partial charge on any atom is 0.340 e. The zero-order valence-corrected chi connectivity index (χ0v) is 10.2. The van der Waals surface area contributed by atoms with E-state index in [0.29, 0.717) is 5.69 Å². The molecule has 0 aliphatic carbocycles. The highest BCUT2D eigenvalue weighted by Gasteiger charge is 2.17. The first-order valence-corrected chi connectivity index (χ1v) is 6.03. The molecule has 0 aliphatic heterocycles. The van der Waals surface area contributed by atoms with Crippen molar-refractivity contribution in [3.05, 3.63) is 28.5 Å². The van der Waals surface area contributed by atoms with Gasteiger partial charge in [0, 0.05) is 5.75 Å². The maximum absolute atomic E-state index is 13.2. The van der Waals surface area contributed by atoms with Crippen molar-refractivity contribution in [3.63, 3.8) is 0 Å². The minimum Gasteiger partial charge on any atom is -0.478 e. The fraction of sp³-hybridized carbons (Fsp3) is 0.300. The van der Waals surface area contributed by atoms with Gasteiger partial charge in [-0.1, -0.05) is 30.5 Å². The van der Waals surface area contributed by atoms with E-state index in [-0.39, 0.29) is 5.02 Å². The monoisotopic (exact) mass is 263 g/mol. The molecule has 0 atom stereocenters. The Hall–Kier alpha value is -0.940. The first-order valence-electron chi connectivity index (χ1n) is 4.67. The van der Waals surface area contributed by atoms with Crippen LogP contribution >= 0.6 is 23.5 Å². The molecule has 0 saturated heterocycles. The smallest absolute Gasteiger partial charge is 0.340 e. The lowest BCUT2D eigenvalue weighted by Gasteiger charge is -2.09. The summed E-state index contributed by atoms with van der Waals surface area (Å²) in [4.78, 5) is 10.8.